The first-order chi connectivity index (χ1) is 18.0. The third kappa shape index (κ3) is 4.80. The van der Waals surface area contributed by atoms with Gasteiger partial charge in [-0.05, 0) is 87.4 Å². The second-order valence-corrected chi connectivity index (χ2v) is 11.0. The number of hydrogen-bond donors (Lipinski definition) is 1. The number of nitrogens with one attached hydrogen (secondary N) is 1. The van der Waals surface area contributed by atoms with Crippen LogP contribution in [0.1, 0.15) is 38.5 Å². The summed E-state index contributed by atoms with van der Waals surface area (Å²) < 4.78 is 0. The molecular formula is C28H34N6O3. The monoisotopic (exact) mass is 502 g/mol. The first-order valence-electron chi connectivity index (χ1n) is 13.5. The number of H-pyrrole nitrogens is 1. The summed E-state index contributed by atoms with van der Waals surface area (Å²) in [5, 5.41) is 19.0. The Morgan fingerprint density at radius 1 is 0.865 bits per heavy atom. The summed E-state index contributed by atoms with van der Waals surface area (Å²) in [7, 11) is 0. The van der Waals surface area contributed by atoms with Crippen LogP contribution >= 0.6 is 0 Å². The first kappa shape index (κ1) is 23.9. The molecule has 0 aliphatic carbocycles. The average molecular weight is 503 g/mol. The van der Waals surface area contributed by atoms with Gasteiger partial charge >= 0.3 is 0 Å². The molecular weight excluding hydrogens is 468 g/mol. The Balaban J connectivity index is 0.998. The van der Waals surface area contributed by atoms with Crippen molar-refractivity contribution in [1.29, 1.82) is 0 Å². The number of non-ortho nitro benzene ring substituents is 1. The SMILES string of the molecule is O=c1[nH]ncc2cc(N3CCC4(CC3)CCN(C3CCN(c5ccc([N+](=O)[O-])cc5)CC3)CC4)ccc12. The second-order valence-electron chi connectivity index (χ2n) is 11.0. The normalized spacial score (nSPS) is 21.0. The maximum absolute atomic E-state index is 12.0. The molecule has 0 atom stereocenters. The van der Waals surface area contributed by atoms with E-state index in [9.17, 15) is 14.9 Å². The van der Waals surface area contributed by atoms with Crippen molar-refractivity contribution in [1.82, 2.24) is 15.1 Å². The number of aromatic amines is 1. The van der Waals surface area contributed by atoms with E-state index in [0.29, 0.717) is 16.8 Å². The van der Waals surface area contributed by atoms with E-state index in [0.717, 1.165) is 50.1 Å². The molecule has 4 heterocycles. The van der Waals surface area contributed by atoms with Gasteiger partial charge in [0.1, 0.15) is 0 Å². The largest absolute Gasteiger partial charge is 0.371 e. The zero-order chi connectivity index (χ0) is 25.4. The molecule has 3 aromatic rings. The molecule has 0 radical (unpaired) electrons. The fourth-order valence-corrected chi connectivity index (χ4v) is 6.66. The standard InChI is InChI=1S/C28H34N6O3/c35-27-26-6-5-25(19-21(26)20-29-30-27)33-17-11-28(12-18-33)9-15-32(16-10-28)23-7-13-31(14-8-23)22-1-3-24(4-2-22)34(36)37/h1-6,19-20,23H,7-18H2,(H,30,35). The van der Waals surface area contributed by atoms with Crippen molar-refractivity contribution >= 4 is 27.8 Å². The van der Waals surface area contributed by atoms with Crippen LogP contribution in [0.2, 0.25) is 0 Å². The summed E-state index contributed by atoms with van der Waals surface area (Å²) in [5.41, 5.74) is 2.75. The van der Waals surface area contributed by atoms with E-state index < -0.39 is 0 Å². The number of hydrogen-bond acceptors (Lipinski definition) is 7. The maximum atomic E-state index is 12.0. The number of piperidine rings is 3. The number of anilines is 2. The van der Waals surface area contributed by atoms with Crippen molar-refractivity contribution in [3.05, 3.63) is 69.1 Å². The Labute approximate surface area is 216 Å². The van der Waals surface area contributed by atoms with Gasteiger partial charge in [-0.3, -0.25) is 14.9 Å². The highest BCUT2D eigenvalue weighted by Crippen LogP contribution is 2.43. The molecule has 3 aliphatic heterocycles. The molecule has 0 unspecified atom stereocenters. The molecule has 2 aromatic carbocycles. The molecule has 3 aliphatic rings. The number of rotatable bonds is 4. The van der Waals surface area contributed by atoms with E-state index in [2.05, 4.69) is 37.0 Å². The molecule has 9 heteroatoms. The van der Waals surface area contributed by atoms with Crippen LogP contribution in [0.5, 0.6) is 0 Å². The highest BCUT2D eigenvalue weighted by atomic mass is 16.6. The molecule has 9 nitrogen and oxygen atoms in total. The number of fused-ring (bicyclic) bond motifs is 1. The van der Waals surface area contributed by atoms with Crippen molar-refractivity contribution in [3.63, 3.8) is 0 Å². The van der Waals surface area contributed by atoms with Crippen molar-refractivity contribution in [2.24, 2.45) is 5.41 Å². The topological polar surface area (TPSA) is 98.6 Å². The van der Waals surface area contributed by atoms with Crippen LogP contribution in [-0.4, -0.2) is 65.3 Å². The van der Waals surface area contributed by atoms with Gasteiger partial charge in [0, 0.05) is 61.1 Å². The molecule has 6 rings (SSSR count). The van der Waals surface area contributed by atoms with Gasteiger partial charge in [-0.25, -0.2) is 5.10 Å². The summed E-state index contributed by atoms with van der Waals surface area (Å²) >= 11 is 0. The van der Waals surface area contributed by atoms with Crippen LogP contribution in [0.15, 0.2) is 53.5 Å². The number of nitrogens with zero attached hydrogens (tertiary/aromatic N) is 5. The average Bonchev–Trinajstić information content (AvgIpc) is 2.94. The Kier molecular flexibility index (Phi) is 6.32. The van der Waals surface area contributed by atoms with Gasteiger partial charge in [0.15, 0.2) is 0 Å². The van der Waals surface area contributed by atoms with Gasteiger partial charge < -0.3 is 14.7 Å². The van der Waals surface area contributed by atoms with E-state index >= 15 is 0 Å². The van der Waals surface area contributed by atoms with Gasteiger partial charge in [0.2, 0.25) is 0 Å². The third-order valence-corrected chi connectivity index (χ3v) is 9.10. The maximum Gasteiger partial charge on any atom is 0.272 e. The van der Waals surface area contributed by atoms with Crippen LogP contribution in [0.3, 0.4) is 0 Å². The second kappa shape index (κ2) is 9.78. The van der Waals surface area contributed by atoms with Gasteiger partial charge in [-0.1, -0.05) is 0 Å². The highest BCUT2D eigenvalue weighted by molar-refractivity contribution is 5.84. The predicted octanol–water partition coefficient (Wildman–Crippen LogP) is 4.18. The van der Waals surface area contributed by atoms with Crippen LogP contribution in [-0.2, 0) is 0 Å². The molecule has 1 spiro atoms. The minimum absolute atomic E-state index is 0.134. The lowest BCUT2D eigenvalue weighted by Crippen LogP contribution is -2.52. The molecule has 3 fully saturated rings. The summed E-state index contributed by atoms with van der Waals surface area (Å²) in [6.07, 6.45) is 9.05. The fraction of sp³-hybridized carbons (Fsp3) is 0.500. The van der Waals surface area contributed by atoms with Crippen LogP contribution in [0, 0.1) is 15.5 Å². The van der Waals surface area contributed by atoms with Gasteiger partial charge in [-0.2, -0.15) is 5.10 Å². The highest BCUT2D eigenvalue weighted by Gasteiger charge is 2.39. The van der Waals surface area contributed by atoms with E-state index in [4.69, 9.17) is 0 Å². The van der Waals surface area contributed by atoms with Gasteiger partial charge in [-0.15, -0.1) is 0 Å². The Bertz CT molecular complexity index is 1310. The lowest BCUT2D eigenvalue weighted by molar-refractivity contribution is -0.384. The molecule has 1 aromatic heterocycles. The van der Waals surface area contributed by atoms with Crippen molar-refractivity contribution < 1.29 is 4.92 Å². The summed E-state index contributed by atoms with van der Waals surface area (Å²) in [4.78, 5) is 30.1. The fourth-order valence-electron chi connectivity index (χ4n) is 6.66. The number of nitro benzene ring substituents is 1. The number of benzene rings is 2. The first-order valence-corrected chi connectivity index (χ1v) is 13.5. The van der Waals surface area contributed by atoms with E-state index in [1.165, 1.54) is 44.5 Å². The van der Waals surface area contributed by atoms with Crippen LogP contribution < -0.4 is 15.4 Å². The molecule has 1 N–H and O–H groups in total. The zero-order valence-corrected chi connectivity index (χ0v) is 21.1. The molecule has 0 amide bonds. The lowest BCUT2D eigenvalue weighted by atomic mass is 9.71. The summed E-state index contributed by atoms with van der Waals surface area (Å²) in [6.45, 7) is 6.52. The minimum atomic E-state index is -0.340. The molecule has 0 bridgehead atoms. The number of aromatic nitrogens is 2. The smallest absolute Gasteiger partial charge is 0.272 e. The Morgan fingerprint density at radius 3 is 2.16 bits per heavy atom. The third-order valence-electron chi connectivity index (χ3n) is 9.10. The Morgan fingerprint density at radius 2 is 1.49 bits per heavy atom. The number of nitro groups is 1. The quantitative estimate of drug-likeness (QED) is 0.422. The van der Waals surface area contributed by atoms with E-state index in [-0.39, 0.29) is 16.2 Å². The Hall–Kier alpha value is -3.46. The minimum Gasteiger partial charge on any atom is -0.371 e. The molecule has 3 saturated heterocycles. The molecule has 37 heavy (non-hydrogen) atoms. The van der Waals surface area contributed by atoms with E-state index in [1.807, 2.05) is 18.2 Å². The molecule has 194 valence electrons. The van der Waals surface area contributed by atoms with Crippen molar-refractivity contribution in [3.8, 4) is 0 Å². The number of likely N-dealkylation sites (tertiary alicyclic amines) is 1. The molecule has 0 saturated carbocycles. The summed E-state index contributed by atoms with van der Waals surface area (Å²) in [6, 6.07) is 13.7. The lowest BCUT2D eigenvalue weighted by Gasteiger charge is -2.50. The van der Waals surface area contributed by atoms with E-state index in [1.54, 1.807) is 18.3 Å². The van der Waals surface area contributed by atoms with Gasteiger partial charge in [0.05, 0.1) is 16.5 Å². The van der Waals surface area contributed by atoms with Crippen molar-refractivity contribution in [2.75, 3.05) is 49.1 Å². The van der Waals surface area contributed by atoms with Crippen molar-refractivity contribution in [2.45, 2.75) is 44.6 Å². The zero-order valence-electron chi connectivity index (χ0n) is 21.1. The van der Waals surface area contributed by atoms with Gasteiger partial charge in [0.25, 0.3) is 11.2 Å². The predicted molar refractivity (Wildman–Crippen MR) is 145 cm³/mol. The summed E-state index contributed by atoms with van der Waals surface area (Å²) in [5.74, 6) is 0. The van der Waals surface area contributed by atoms with Crippen LogP contribution in [0.25, 0.3) is 10.8 Å². The van der Waals surface area contributed by atoms with Crippen LogP contribution in [0.4, 0.5) is 17.1 Å².